The van der Waals surface area contributed by atoms with E-state index in [2.05, 4.69) is 46.0 Å². The lowest BCUT2D eigenvalue weighted by Crippen LogP contribution is -2.33. The van der Waals surface area contributed by atoms with Crippen molar-refractivity contribution >= 4 is 0 Å². The molecule has 2 aliphatic rings. The van der Waals surface area contributed by atoms with Crippen molar-refractivity contribution in [2.45, 2.75) is 83.2 Å². The predicted molar refractivity (Wildman–Crippen MR) is 90.9 cm³/mol. The van der Waals surface area contributed by atoms with Crippen LogP contribution in [0.5, 0.6) is 0 Å². The van der Waals surface area contributed by atoms with Gasteiger partial charge < -0.3 is 8.94 Å². The molecule has 7 heteroatoms. The molecule has 2 aromatic heterocycles. The van der Waals surface area contributed by atoms with E-state index in [0.29, 0.717) is 18.4 Å². The molecular weight excluding hydrogens is 318 g/mol. The summed E-state index contributed by atoms with van der Waals surface area (Å²) in [6, 6.07) is 0.159. The van der Waals surface area contributed by atoms with E-state index in [1.165, 1.54) is 32.1 Å². The Morgan fingerprint density at radius 1 is 1.04 bits per heavy atom. The Morgan fingerprint density at radius 2 is 1.84 bits per heavy atom. The molecule has 2 aromatic rings. The Hall–Kier alpha value is -1.76. The van der Waals surface area contributed by atoms with Crippen molar-refractivity contribution in [3.8, 4) is 0 Å². The topological polar surface area (TPSA) is 81.1 Å². The van der Waals surface area contributed by atoms with Crippen LogP contribution in [0.2, 0.25) is 0 Å². The van der Waals surface area contributed by atoms with Gasteiger partial charge in [0.15, 0.2) is 5.82 Å². The summed E-state index contributed by atoms with van der Waals surface area (Å²) in [6.07, 6.45) is 7.01. The second-order valence-corrected chi connectivity index (χ2v) is 8.35. The van der Waals surface area contributed by atoms with Crippen LogP contribution in [0.3, 0.4) is 0 Å². The molecule has 0 amide bonds. The van der Waals surface area contributed by atoms with Gasteiger partial charge in [0.2, 0.25) is 17.7 Å². The number of rotatable bonds is 4. The zero-order valence-electron chi connectivity index (χ0n) is 15.4. The molecule has 1 saturated carbocycles. The molecule has 3 heterocycles. The standard InChI is InChI=1S/C18H27N5O2/c1-18(2,3)17-19-14(22-25-17)11-23-10-5-4-9-13(23)16-21-20-15(24-16)12-7-6-8-12/h12-13H,4-11H2,1-3H3/t13-/m0/s1. The molecule has 1 saturated heterocycles. The fourth-order valence-electron chi connectivity index (χ4n) is 3.47. The Kier molecular flexibility index (Phi) is 4.35. The molecule has 0 N–H and O–H groups in total. The molecule has 4 rings (SSSR count). The van der Waals surface area contributed by atoms with E-state index in [1.807, 2.05) is 0 Å². The average molecular weight is 345 g/mol. The van der Waals surface area contributed by atoms with Crippen molar-refractivity contribution in [3.05, 3.63) is 23.5 Å². The van der Waals surface area contributed by atoms with Crippen molar-refractivity contribution in [2.75, 3.05) is 6.54 Å². The molecule has 7 nitrogen and oxygen atoms in total. The fourth-order valence-corrected chi connectivity index (χ4v) is 3.47. The molecule has 1 aliphatic carbocycles. The number of nitrogens with zero attached hydrogens (tertiary/aromatic N) is 5. The van der Waals surface area contributed by atoms with E-state index in [0.717, 1.165) is 30.6 Å². The van der Waals surface area contributed by atoms with Gasteiger partial charge in [-0.25, -0.2) is 0 Å². The van der Waals surface area contributed by atoms with E-state index in [1.54, 1.807) is 0 Å². The first-order valence-corrected chi connectivity index (χ1v) is 9.41. The summed E-state index contributed by atoms with van der Waals surface area (Å²) in [5, 5.41) is 12.8. The van der Waals surface area contributed by atoms with Gasteiger partial charge in [-0.1, -0.05) is 38.8 Å². The Labute approximate surface area is 148 Å². The van der Waals surface area contributed by atoms with Crippen LogP contribution in [0.4, 0.5) is 0 Å². The second-order valence-electron chi connectivity index (χ2n) is 8.35. The highest BCUT2D eigenvalue weighted by atomic mass is 16.5. The normalized spacial score (nSPS) is 22.9. The van der Waals surface area contributed by atoms with Crippen molar-refractivity contribution in [2.24, 2.45) is 0 Å². The first kappa shape index (κ1) is 16.7. The van der Waals surface area contributed by atoms with Crippen molar-refractivity contribution in [1.29, 1.82) is 0 Å². The molecule has 0 aromatic carbocycles. The van der Waals surface area contributed by atoms with Crippen LogP contribution in [0.25, 0.3) is 0 Å². The molecule has 0 unspecified atom stereocenters. The van der Waals surface area contributed by atoms with Gasteiger partial charge in [0, 0.05) is 11.3 Å². The number of piperidine rings is 1. The molecule has 2 fully saturated rings. The first-order valence-electron chi connectivity index (χ1n) is 9.41. The summed E-state index contributed by atoms with van der Waals surface area (Å²) in [7, 11) is 0. The minimum absolute atomic E-state index is 0.128. The highest BCUT2D eigenvalue weighted by molar-refractivity contribution is 5.02. The van der Waals surface area contributed by atoms with Gasteiger partial charge in [0.05, 0.1) is 12.6 Å². The van der Waals surface area contributed by atoms with E-state index in [-0.39, 0.29) is 11.5 Å². The van der Waals surface area contributed by atoms with E-state index < -0.39 is 0 Å². The van der Waals surface area contributed by atoms with Crippen molar-refractivity contribution < 1.29 is 8.94 Å². The summed E-state index contributed by atoms with van der Waals surface area (Å²) < 4.78 is 11.5. The Bertz CT molecular complexity index is 713. The number of aromatic nitrogens is 4. The number of likely N-dealkylation sites (tertiary alicyclic amines) is 1. The first-order chi connectivity index (χ1) is 12.0. The van der Waals surface area contributed by atoms with Crippen molar-refractivity contribution in [1.82, 2.24) is 25.2 Å². The van der Waals surface area contributed by atoms with Crippen LogP contribution in [-0.4, -0.2) is 31.8 Å². The average Bonchev–Trinajstić information content (AvgIpc) is 3.15. The van der Waals surface area contributed by atoms with Crippen LogP contribution in [-0.2, 0) is 12.0 Å². The maximum atomic E-state index is 6.03. The quantitative estimate of drug-likeness (QED) is 0.834. The van der Waals surface area contributed by atoms with E-state index in [4.69, 9.17) is 8.94 Å². The molecule has 1 aliphatic heterocycles. The largest absolute Gasteiger partial charge is 0.423 e. The smallest absolute Gasteiger partial charge is 0.233 e. The zero-order valence-corrected chi connectivity index (χ0v) is 15.4. The lowest BCUT2D eigenvalue weighted by atomic mass is 9.85. The summed E-state index contributed by atoms with van der Waals surface area (Å²) >= 11 is 0. The van der Waals surface area contributed by atoms with Gasteiger partial charge in [0.1, 0.15) is 0 Å². The Balaban J connectivity index is 1.49. The second kappa shape index (κ2) is 6.52. The molecular formula is C18H27N5O2. The lowest BCUT2D eigenvalue weighted by Gasteiger charge is -2.32. The minimum atomic E-state index is -0.128. The third-order valence-electron chi connectivity index (χ3n) is 5.26. The monoisotopic (exact) mass is 345 g/mol. The number of hydrogen-bond acceptors (Lipinski definition) is 7. The van der Waals surface area contributed by atoms with Crippen LogP contribution in [0.1, 0.15) is 94.8 Å². The highest BCUT2D eigenvalue weighted by Gasteiger charge is 2.32. The zero-order chi connectivity index (χ0) is 17.4. The molecule has 136 valence electrons. The van der Waals surface area contributed by atoms with Crippen molar-refractivity contribution in [3.63, 3.8) is 0 Å². The Morgan fingerprint density at radius 3 is 2.52 bits per heavy atom. The van der Waals surface area contributed by atoms with Crippen LogP contribution < -0.4 is 0 Å². The van der Waals surface area contributed by atoms with Crippen LogP contribution >= 0.6 is 0 Å². The predicted octanol–water partition coefficient (Wildman–Crippen LogP) is 3.74. The van der Waals surface area contributed by atoms with E-state index in [9.17, 15) is 0 Å². The third kappa shape index (κ3) is 3.47. The van der Waals surface area contributed by atoms with Gasteiger partial charge in [-0.3, -0.25) is 4.90 Å². The SMILES string of the molecule is CC(C)(C)c1nc(CN2CCCC[C@H]2c2nnc(C3CCC3)o2)no1. The molecule has 25 heavy (non-hydrogen) atoms. The summed E-state index contributed by atoms with van der Waals surface area (Å²) in [4.78, 5) is 6.92. The number of hydrogen-bond donors (Lipinski definition) is 0. The fraction of sp³-hybridized carbons (Fsp3) is 0.778. The molecule has 0 spiro atoms. The molecule has 0 radical (unpaired) electrons. The lowest BCUT2D eigenvalue weighted by molar-refractivity contribution is 0.111. The van der Waals surface area contributed by atoms with Gasteiger partial charge in [-0.2, -0.15) is 4.98 Å². The van der Waals surface area contributed by atoms with Crippen LogP contribution in [0, 0.1) is 0 Å². The van der Waals surface area contributed by atoms with Crippen LogP contribution in [0.15, 0.2) is 8.94 Å². The van der Waals surface area contributed by atoms with Gasteiger partial charge in [-0.15, -0.1) is 10.2 Å². The van der Waals surface area contributed by atoms with E-state index >= 15 is 0 Å². The molecule has 0 bridgehead atoms. The third-order valence-corrected chi connectivity index (χ3v) is 5.26. The highest BCUT2D eigenvalue weighted by Crippen LogP contribution is 2.38. The summed E-state index contributed by atoms with van der Waals surface area (Å²) in [6.45, 7) is 7.88. The maximum Gasteiger partial charge on any atom is 0.233 e. The van der Waals surface area contributed by atoms with Gasteiger partial charge in [0.25, 0.3) is 0 Å². The van der Waals surface area contributed by atoms with Gasteiger partial charge >= 0.3 is 0 Å². The molecule has 1 atom stereocenters. The van der Waals surface area contributed by atoms with Gasteiger partial charge in [-0.05, 0) is 32.2 Å². The maximum absolute atomic E-state index is 6.03. The minimum Gasteiger partial charge on any atom is -0.423 e. The summed E-state index contributed by atoms with van der Waals surface area (Å²) in [5.41, 5.74) is -0.128. The summed E-state index contributed by atoms with van der Waals surface area (Å²) in [5.74, 6) is 3.46.